The molecule has 2 N–H and O–H groups in total. The number of phosphoric acid groups is 1. The van der Waals surface area contributed by atoms with E-state index in [1.807, 2.05) is 27.2 Å². The Morgan fingerprint density at radius 1 is 0.529 bits per heavy atom. The van der Waals surface area contributed by atoms with Gasteiger partial charge in [0.2, 0.25) is 5.91 Å². The lowest BCUT2D eigenvalue weighted by atomic mass is 10.0. The van der Waals surface area contributed by atoms with Crippen LogP contribution in [-0.2, 0) is 18.4 Å². The largest absolute Gasteiger partial charge is 0.756 e. The van der Waals surface area contributed by atoms with E-state index in [0.717, 1.165) is 83.5 Å². The Labute approximate surface area is 419 Å². The number of nitrogens with zero attached hydrogens (tertiary/aromatic N) is 1. The van der Waals surface area contributed by atoms with Crippen LogP contribution in [-0.4, -0.2) is 68.5 Å². The highest BCUT2D eigenvalue weighted by Crippen LogP contribution is 2.38. The summed E-state index contributed by atoms with van der Waals surface area (Å²) >= 11 is 0. The van der Waals surface area contributed by atoms with Crippen molar-refractivity contribution in [1.82, 2.24) is 5.32 Å². The molecule has 0 aliphatic carbocycles. The molecule has 0 spiro atoms. The van der Waals surface area contributed by atoms with Gasteiger partial charge in [0, 0.05) is 6.42 Å². The number of nitrogens with one attached hydrogen (secondary N) is 1. The second-order valence-corrected chi connectivity index (χ2v) is 21.0. The summed E-state index contributed by atoms with van der Waals surface area (Å²) in [6, 6.07) is -0.886. The van der Waals surface area contributed by atoms with Crippen molar-refractivity contribution in [3.8, 4) is 0 Å². The number of hydrogen-bond donors (Lipinski definition) is 2. The first-order valence-electron chi connectivity index (χ1n) is 27.6. The zero-order valence-corrected chi connectivity index (χ0v) is 45.4. The van der Waals surface area contributed by atoms with Gasteiger partial charge < -0.3 is 28.8 Å². The van der Waals surface area contributed by atoms with Crippen LogP contribution in [0.5, 0.6) is 0 Å². The van der Waals surface area contributed by atoms with Gasteiger partial charge in [0.15, 0.2) is 0 Å². The number of quaternary nitrogens is 1. The van der Waals surface area contributed by atoms with E-state index in [9.17, 15) is 19.4 Å². The van der Waals surface area contributed by atoms with Crippen LogP contribution in [0.3, 0.4) is 0 Å². The number of aliphatic hydroxyl groups excluding tert-OH is 1. The van der Waals surface area contributed by atoms with Gasteiger partial charge in [0.1, 0.15) is 13.2 Å². The van der Waals surface area contributed by atoms with Crippen LogP contribution in [0.15, 0.2) is 97.2 Å². The van der Waals surface area contributed by atoms with Gasteiger partial charge in [-0.2, -0.15) is 0 Å². The third-order valence-electron chi connectivity index (χ3n) is 11.8. The summed E-state index contributed by atoms with van der Waals surface area (Å²) in [5.74, 6) is -0.204. The molecule has 0 aromatic heterocycles. The summed E-state index contributed by atoms with van der Waals surface area (Å²) in [5.41, 5.74) is 0. The molecule has 1 amide bonds. The third-order valence-corrected chi connectivity index (χ3v) is 12.8. The van der Waals surface area contributed by atoms with Gasteiger partial charge in [0.05, 0.1) is 39.9 Å². The molecule has 392 valence electrons. The molecular formula is C59H105N2O6P. The maximum absolute atomic E-state index is 12.8. The van der Waals surface area contributed by atoms with Crippen molar-refractivity contribution in [3.63, 3.8) is 0 Å². The second kappa shape index (κ2) is 49.4. The molecule has 9 heteroatoms. The second-order valence-electron chi connectivity index (χ2n) is 19.6. The van der Waals surface area contributed by atoms with Crippen LogP contribution in [0, 0.1) is 0 Å². The zero-order valence-electron chi connectivity index (χ0n) is 44.5. The molecule has 0 bridgehead atoms. The van der Waals surface area contributed by atoms with Crippen LogP contribution in [0.25, 0.3) is 0 Å². The van der Waals surface area contributed by atoms with Crippen molar-refractivity contribution in [2.24, 2.45) is 0 Å². The highest BCUT2D eigenvalue weighted by molar-refractivity contribution is 7.45. The highest BCUT2D eigenvalue weighted by atomic mass is 31.2. The van der Waals surface area contributed by atoms with E-state index in [1.165, 1.54) is 116 Å². The van der Waals surface area contributed by atoms with Gasteiger partial charge in [0.25, 0.3) is 7.82 Å². The number of hydrogen-bond acceptors (Lipinski definition) is 6. The van der Waals surface area contributed by atoms with Crippen molar-refractivity contribution in [1.29, 1.82) is 0 Å². The summed E-state index contributed by atoms with van der Waals surface area (Å²) < 4.78 is 23.1. The summed E-state index contributed by atoms with van der Waals surface area (Å²) in [5, 5.41) is 13.7. The van der Waals surface area contributed by atoms with E-state index < -0.39 is 20.0 Å². The first-order chi connectivity index (χ1) is 33.0. The van der Waals surface area contributed by atoms with Crippen LogP contribution in [0.1, 0.15) is 219 Å². The van der Waals surface area contributed by atoms with E-state index >= 15 is 0 Å². The predicted octanol–water partition coefficient (Wildman–Crippen LogP) is 16.0. The van der Waals surface area contributed by atoms with Crippen molar-refractivity contribution in [2.45, 2.75) is 231 Å². The van der Waals surface area contributed by atoms with Gasteiger partial charge in [-0.25, -0.2) is 0 Å². The van der Waals surface area contributed by atoms with Gasteiger partial charge in [-0.05, 0) is 77.0 Å². The van der Waals surface area contributed by atoms with Gasteiger partial charge in [-0.15, -0.1) is 0 Å². The highest BCUT2D eigenvalue weighted by Gasteiger charge is 2.23. The lowest BCUT2D eigenvalue weighted by molar-refractivity contribution is -0.870. The molecule has 0 saturated carbocycles. The molecule has 0 aliphatic heterocycles. The van der Waals surface area contributed by atoms with Crippen molar-refractivity contribution < 1.29 is 32.9 Å². The van der Waals surface area contributed by atoms with E-state index in [-0.39, 0.29) is 19.1 Å². The molecule has 3 atom stereocenters. The molecule has 0 rings (SSSR count). The van der Waals surface area contributed by atoms with E-state index in [2.05, 4.69) is 104 Å². The summed E-state index contributed by atoms with van der Waals surface area (Å²) in [6.45, 7) is 4.46. The van der Waals surface area contributed by atoms with Crippen LogP contribution in [0.2, 0.25) is 0 Å². The first-order valence-corrected chi connectivity index (χ1v) is 29.1. The maximum atomic E-state index is 12.8. The molecule has 0 fully saturated rings. The molecule has 0 radical (unpaired) electrons. The van der Waals surface area contributed by atoms with Gasteiger partial charge >= 0.3 is 0 Å². The average molecular weight is 969 g/mol. The lowest BCUT2D eigenvalue weighted by Crippen LogP contribution is -2.45. The molecule has 0 aliphatic rings. The Bertz CT molecular complexity index is 1420. The van der Waals surface area contributed by atoms with Crippen LogP contribution in [0.4, 0.5) is 0 Å². The van der Waals surface area contributed by atoms with Gasteiger partial charge in [-0.1, -0.05) is 233 Å². The number of rotatable bonds is 49. The lowest BCUT2D eigenvalue weighted by Gasteiger charge is -2.29. The fourth-order valence-corrected chi connectivity index (χ4v) is 8.21. The van der Waals surface area contributed by atoms with E-state index in [4.69, 9.17) is 9.05 Å². The molecule has 0 aromatic carbocycles. The minimum Gasteiger partial charge on any atom is -0.756 e. The zero-order chi connectivity index (χ0) is 49.9. The van der Waals surface area contributed by atoms with Gasteiger partial charge in [-0.3, -0.25) is 9.36 Å². The quantitative estimate of drug-likeness (QED) is 0.0272. The van der Waals surface area contributed by atoms with E-state index in [1.54, 1.807) is 6.08 Å². The Morgan fingerprint density at radius 3 is 1.31 bits per heavy atom. The molecule has 3 unspecified atom stereocenters. The molecular weight excluding hydrogens is 864 g/mol. The molecule has 68 heavy (non-hydrogen) atoms. The number of likely N-dealkylation sites (N-methyl/N-ethyl adjacent to an activating group) is 1. The SMILES string of the molecule is CC/C=C\C/C=C\C/C=C\C/C=C\C/C=C\C/C=C\C/C=C\CCCCCCCCCCCCCCCCCCCC(=O)NC(COP(=O)([O-])OCC[N+](C)(C)C)C(O)/C=C/CCCCCCC. The predicted molar refractivity (Wildman–Crippen MR) is 293 cm³/mol. The Morgan fingerprint density at radius 2 is 0.897 bits per heavy atom. The summed E-state index contributed by atoms with van der Waals surface area (Å²) in [4.78, 5) is 25.3. The topological polar surface area (TPSA) is 108 Å². The van der Waals surface area contributed by atoms with Crippen molar-refractivity contribution in [3.05, 3.63) is 97.2 Å². The number of aliphatic hydroxyl groups is 1. The summed E-state index contributed by atoms with van der Waals surface area (Å²) in [6.07, 6.45) is 70.9. The smallest absolute Gasteiger partial charge is 0.268 e. The monoisotopic (exact) mass is 969 g/mol. The number of phosphoric ester groups is 1. The molecule has 0 aromatic rings. The molecule has 8 nitrogen and oxygen atoms in total. The Balaban J connectivity index is 3.86. The average Bonchev–Trinajstić information content (AvgIpc) is 3.30. The fourth-order valence-electron chi connectivity index (χ4n) is 7.49. The number of allylic oxidation sites excluding steroid dienone is 15. The standard InChI is InChI=1S/C59H105N2O6P/c1-6-8-10-12-14-15-16-17-18-19-20-21-22-23-24-25-26-27-28-29-30-31-32-33-34-35-36-37-38-39-40-41-42-43-44-45-47-49-51-53-59(63)60-57(58(62)52-50-48-46-13-11-9-7-2)56-67-68(64,65)66-55-54-61(3,4)5/h8,10,14-15,17-18,20-21,23-24,26-27,29-30,50,52,57-58,62H,6-7,9,11-13,16,19,22,25,28,31-49,51,53-56H2,1-5H3,(H-,60,63,64,65)/b10-8-,15-14-,18-17-,21-20-,24-23-,27-26-,30-29-,52-50+. The number of unbranched alkanes of at least 4 members (excludes halogenated alkanes) is 22. The van der Waals surface area contributed by atoms with Crippen molar-refractivity contribution in [2.75, 3.05) is 40.9 Å². The van der Waals surface area contributed by atoms with Crippen molar-refractivity contribution >= 4 is 13.7 Å². The number of amides is 1. The molecule has 0 saturated heterocycles. The van der Waals surface area contributed by atoms with Crippen LogP contribution < -0.4 is 10.2 Å². The minimum absolute atomic E-state index is 0.00383. The van der Waals surface area contributed by atoms with Crippen LogP contribution >= 0.6 is 7.82 Å². The first kappa shape index (κ1) is 65.4. The number of carbonyl (C=O) groups excluding carboxylic acids is 1. The maximum Gasteiger partial charge on any atom is 0.268 e. The molecule has 0 heterocycles. The third kappa shape index (κ3) is 51.3. The minimum atomic E-state index is -4.58. The number of carbonyl (C=O) groups is 1. The normalized spacial score (nSPS) is 14.8. The fraction of sp³-hybridized carbons (Fsp3) is 0.712. The Hall–Kier alpha value is -2.58. The summed E-state index contributed by atoms with van der Waals surface area (Å²) in [7, 11) is 1.25. The van der Waals surface area contributed by atoms with E-state index in [0.29, 0.717) is 17.4 Å². The Kier molecular flexibility index (Phi) is 47.5.